The first kappa shape index (κ1) is 16.2. The molecule has 0 atom stereocenters. The smallest absolute Gasteiger partial charge is 0.222 e. The molecular formula is C21H21N2O. The van der Waals surface area contributed by atoms with Crippen LogP contribution in [0.25, 0.3) is 10.9 Å². The van der Waals surface area contributed by atoms with Gasteiger partial charge in [0, 0.05) is 12.3 Å². The number of benzene rings is 2. The van der Waals surface area contributed by atoms with Gasteiger partial charge in [-0.2, -0.15) is 0 Å². The summed E-state index contributed by atoms with van der Waals surface area (Å²) in [4.78, 5) is 15.8. The normalized spacial score (nSPS) is 10.8. The molecule has 0 saturated heterocycles. The number of hydrogen-bond acceptors (Lipinski definition) is 2. The van der Waals surface area contributed by atoms with Crippen molar-refractivity contribution in [1.29, 1.82) is 0 Å². The molecule has 3 aromatic rings. The van der Waals surface area contributed by atoms with Crippen LogP contribution in [-0.4, -0.2) is 10.9 Å². The van der Waals surface area contributed by atoms with Crippen LogP contribution >= 0.6 is 0 Å². The van der Waals surface area contributed by atoms with Gasteiger partial charge in [-0.25, -0.2) is 4.98 Å². The molecule has 3 nitrogen and oxygen atoms in total. The second-order valence-corrected chi connectivity index (χ2v) is 6.18. The molecule has 2 aromatic carbocycles. The third-order valence-electron chi connectivity index (χ3n) is 4.08. The summed E-state index contributed by atoms with van der Waals surface area (Å²) >= 11 is 0. The van der Waals surface area contributed by atoms with Crippen molar-refractivity contribution in [3.05, 3.63) is 77.7 Å². The van der Waals surface area contributed by atoms with Gasteiger partial charge in [0.25, 0.3) is 0 Å². The predicted octanol–water partition coefficient (Wildman–Crippen LogP) is 4.47. The van der Waals surface area contributed by atoms with Crippen molar-refractivity contribution in [2.75, 3.05) is 5.32 Å². The van der Waals surface area contributed by atoms with Crippen molar-refractivity contribution in [1.82, 2.24) is 4.98 Å². The Labute approximate surface area is 142 Å². The van der Waals surface area contributed by atoms with E-state index in [1.807, 2.05) is 25.1 Å². The molecule has 1 aromatic heterocycles. The van der Waals surface area contributed by atoms with Gasteiger partial charge in [0.2, 0.25) is 5.91 Å². The highest BCUT2D eigenvalue weighted by Gasteiger charge is 2.06. The molecule has 1 radical (unpaired) electrons. The van der Waals surface area contributed by atoms with E-state index in [0.29, 0.717) is 5.82 Å². The molecule has 0 aliphatic heterocycles. The second kappa shape index (κ2) is 6.83. The molecule has 0 fully saturated rings. The average molecular weight is 317 g/mol. The van der Waals surface area contributed by atoms with Crippen LogP contribution in [0.1, 0.15) is 29.2 Å². The zero-order valence-corrected chi connectivity index (χ0v) is 14.1. The molecule has 3 heteroatoms. The van der Waals surface area contributed by atoms with E-state index in [4.69, 9.17) is 0 Å². The van der Waals surface area contributed by atoms with E-state index >= 15 is 0 Å². The number of aryl methyl sites for hydroxylation is 3. The van der Waals surface area contributed by atoms with Gasteiger partial charge in [0.05, 0.1) is 5.52 Å². The number of carbonyl (C=O) groups is 1. The summed E-state index contributed by atoms with van der Waals surface area (Å²) in [5.74, 6) is 0.500. The molecule has 24 heavy (non-hydrogen) atoms. The monoisotopic (exact) mass is 317 g/mol. The van der Waals surface area contributed by atoms with Gasteiger partial charge in [-0.15, -0.1) is 0 Å². The average Bonchev–Trinajstić information content (AvgIpc) is 2.52. The van der Waals surface area contributed by atoms with E-state index in [0.717, 1.165) is 34.9 Å². The van der Waals surface area contributed by atoms with Crippen LogP contribution in [0.2, 0.25) is 0 Å². The maximum Gasteiger partial charge on any atom is 0.222 e. The number of carbonyl (C=O) groups excluding carboxylic acids is 1. The minimum atomic E-state index is -0.106. The van der Waals surface area contributed by atoms with Crippen LogP contribution < -0.4 is 5.32 Å². The highest BCUT2D eigenvalue weighted by Crippen LogP contribution is 2.22. The number of rotatable bonds is 4. The van der Waals surface area contributed by atoms with Crippen molar-refractivity contribution in [2.24, 2.45) is 0 Å². The Hall–Kier alpha value is -2.68. The molecule has 0 aliphatic rings. The highest BCUT2D eigenvalue weighted by atomic mass is 16.1. The van der Waals surface area contributed by atoms with E-state index in [9.17, 15) is 4.79 Å². The van der Waals surface area contributed by atoms with Gasteiger partial charge >= 0.3 is 0 Å². The zero-order valence-electron chi connectivity index (χ0n) is 14.1. The lowest BCUT2D eigenvalue weighted by molar-refractivity contribution is -0.114. The summed E-state index contributed by atoms with van der Waals surface area (Å²) in [5, 5.41) is 3.88. The molecule has 1 N–H and O–H groups in total. The summed E-state index contributed by atoms with van der Waals surface area (Å²) in [6.45, 7) is 7.51. The second-order valence-electron chi connectivity index (χ2n) is 6.18. The Morgan fingerprint density at radius 2 is 1.83 bits per heavy atom. The van der Waals surface area contributed by atoms with E-state index in [2.05, 4.69) is 47.6 Å². The molecule has 0 saturated carbocycles. The summed E-state index contributed by atoms with van der Waals surface area (Å²) in [7, 11) is 0. The van der Waals surface area contributed by atoms with Gasteiger partial charge in [0.1, 0.15) is 5.82 Å². The number of anilines is 1. The summed E-state index contributed by atoms with van der Waals surface area (Å²) in [6.07, 6.45) is 1.92. The van der Waals surface area contributed by atoms with Gasteiger partial charge < -0.3 is 5.32 Å². The molecule has 121 valence electrons. The number of hydrogen-bond donors (Lipinski definition) is 1. The largest absolute Gasteiger partial charge is 0.311 e. The number of aromatic nitrogens is 1. The molecule has 1 amide bonds. The van der Waals surface area contributed by atoms with Crippen LogP contribution in [-0.2, 0) is 17.6 Å². The van der Waals surface area contributed by atoms with Crippen LogP contribution in [0.4, 0.5) is 5.82 Å². The minimum Gasteiger partial charge on any atom is -0.311 e. The number of pyridine rings is 1. The number of nitrogens with zero attached hydrogens (tertiary/aromatic N) is 1. The first-order chi connectivity index (χ1) is 11.5. The lowest BCUT2D eigenvalue weighted by Gasteiger charge is -2.09. The number of amides is 1. The fourth-order valence-corrected chi connectivity index (χ4v) is 2.92. The zero-order chi connectivity index (χ0) is 17.1. The van der Waals surface area contributed by atoms with Gasteiger partial charge in [-0.05, 0) is 61.1 Å². The van der Waals surface area contributed by atoms with Gasteiger partial charge in [0.15, 0.2) is 0 Å². The van der Waals surface area contributed by atoms with E-state index in [1.54, 1.807) is 0 Å². The fraction of sp³-hybridized carbons (Fsp3) is 0.190. The van der Waals surface area contributed by atoms with Gasteiger partial charge in [-0.1, -0.05) is 36.4 Å². The summed E-state index contributed by atoms with van der Waals surface area (Å²) in [6, 6.07) is 16.6. The van der Waals surface area contributed by atoms with Crippen LogP contribution in [0, 0.1) is 13.8 Å². The quantitative estimate of drug-likeness (QED) is 0.771. The first-order valence-corrected chi connectivity index (χ1v) is 8.10. The maximum absolute atomic E-state index is 11.3. The van der Waals surface area contributed by atoms with E-state index in [1.165, 1.54) is 18.1 Å². The third kappa shape index (κ3) is 3.80. The van der Waals surface area contributed by atoms with Crippen molar-refractivity contribution in [2.45, 2.75) is 26.7 Å². The maximum atomic E-state index is 11.3. The van der Waals surface area contributed by atoms with Crippen molar-refractivity contribution >= 4 is 22.6 Å². The molecule has 0 unspecified atom stereocenters. The van der Waals surface area contributed by atoms with Crippen molar-refractivity contribution in [3.63, 3.8) is 0 Å². The standard InChI is InChI=1S/C21H21N2O/c1-14-5-4-6-17(11-14)7-8-18-9-10-19-15(2)12-21(22-16(3)24)23-20(19)13-18/h4-6,9-13H,1,7-8H2,2-3H3,(H,22,23,24). The summed E-state index contributed by atoms with van der Waals surface area (Å²) < 4.78 is 0. The third-order valence-corrected chi connectivity index (χ3v) is 4.08. The molecule has 3 rings (SSSR count). The van der Waals surface area contributed by atoms with E-state index < -0.39 is 0 Å². The Morgan fingerprint density at radius 3 is 2.54 bits per heavy atom. The van der Waals surface area contributed by atoms with Crippen LogP contribution in [0.15, 0.2) is 48.5 Å². The lowest BCUT2D eigenvalue weighted by Crippen LogP contribution is -2.07. The fourth-order valence-electron chi connectivity index (χ4n) is 2.92. The Bertz CT molecular complexity index is 899. The molecule has 1 heterocycles. The first-order valence-electron chi connectivity index (χ1n) is 8.10. The number of nitrogens with one attached hydrogen (secondary N) is 1. The van der Waals surface area contributed by atoms with Crippen LogP contribution in [0.5, 0.6) is 0 Å². The number of fused-ring (bicyclic) bond motifs is 1. The van der Waals surface area contributed by atoms with Crippen molar-refractivity contribution < 1.29 is 4.79 Å². The van der Waals surface area contributed by atoms with Crippen LogP contribution in [0.3, 0.4) is 0 Å². The van der Waals surface area contributed by atoms with Crippen molar-refractivity contribution in [3.8, 4) is 0 Å². The Kier molecular flexibility index (Phi) is 4.61. The topological polar surface area (TPSA) is 42.0 Å². The summed E-state index contributed by atoms with van der Waals surface area (Å²) in [5.41, 5.74) is 5.60. The molecule has 0 bridgehead atoms. The Balaban J connectivity index is 1.85. The highest BCUT2D eigenvalue weighted by molar-refractivity contribution is 5.91. The SMILES string of the molecule is [CH2]c1cccc(CCc2ccc3c(C)cc(NC(C)=O)nc3c2)c1. The molecule has 0 aliphatic carbocycles. The predicted molar refractivity (Wildman–Crippen MR) is 99.1 cm³/mol. The lowest BCUT2D eigenvalue weighted by atomic mass is 10.0. The molecule has 0 spiro atoms. The minimum absolute atomic E-state index is 0.106. The molecular weight excluding hydrogens is 296 g/mol. The van der Waals surface area contributed by atoms with E-state index in [-0.39, 0.29) is 5.91 Å². The van der Waals surface area contributed by atoms with Gasteiger partial charge in [-0.3, -0.25) is 4.79 Å². The Morgan fingerprint density at radius 1 is 1.08 bits per heavy atom.